The van der Waals surface area contributed by atoms with E-state index in [2.05, 4.69) is 26.1 Å². The molecule has 1 aliphatic carbocycles. The standard InChI is InChI=1S/C23H27BrF5N3O2/c1-21(2,26)20-30-18(31-34-20)7-5-4-6-10-32(15-8-9-17(25)16(24)11-15)19(33)14-12-22(3,13-14)23(27,28)29/h8-9,11,14H,4-7,10,12-13H2,1-3H3/t14-,22-. The third-order valence-corrected chi connectivity index (χ3v) is 6.77. The minimum absolute atomic E-state index is 0.0903. The SMILES string of the molecule is CC(C)(F)c1nc(CCCCCN(c2ccc(F)c(Br)c2)C(=O)[C@H]2C[C@](C)(C(F)(F)F)C2)no1. The second kappa shape index (κ2) is 9.91. The molecule has 0 spiro atoms. The van der Waals surface area contributed by atoms with Crippen molar-refractivity contribution in [3.05, 3.63) is 40.2 Å². The fraction of sp³-hybridized carbons (Fsp3) is 0.609. The van der Waals surface area contributed by atoms with Gasteiger partial charge in [0.05, 0.1) is 9.89 Å². The van der Waals surface area contributed by atoms with Crippen LogP contribution in [0.1, 0.15) is 64.6 Å². The summed E-state index contributed by atoms with van der Waals surface area (Å²) in [7, 11) is 0. The Hall–Kier alpha value is -2.04. The van der Waals surface area contributed by atoms with Gasteiger partial charge >= 0.3 is 6.18 Å². The summed E-state index contributed by atoms with van der Waals surface area (Å²) in [6.07, 6.45) is -2.56. The molecule has 0 radical (unpaired) electrons. The summed E-state index contributed by atoms with van der Waals surface area (Å²) < 4.78 is 72.3. The van der Waals surface area contributed by atoms with Crippen LogP contribution in [-0.4, -0.2) is 28.8 Å². The second-order valence-electron chi connectivity index (χ2n) is 9.55. The zero-order valence-corrected chi connectivity index (χ0v) is 20.8. The molecule has 0 aliphatic heterocycles. The number of rotatable bonds is 9. The van der Waals surface area contributed by atoms with E-state index in [1.54, 1.807) is 0 Å². The number of unbranched alkanes of at least 4 members (excludes halogenated alkanes) is 2. The fourth-order valence-electron chi connectivity index (χ4n) is 4.00. The average Bonchev–Trinajstić information content (AvgIpc) is 3.19. The molecule has 188 valence electrons. The zero-order chi connectivity index (χ0) is 25.3. The molecule has 1 aromatic carbocycles. The predicted molar refractivity (Wildman–Crippen MR) is 119 cm³/mol. The number of carbonyl (C=O) groups is 1. The first kappa shape index (κ1) is 26.6. The van der Waals surface area contributed by atoms with E-state index in [0.717, 1.165) is 6.92 Å². The van der Waals surface area contributed by atoms with E-state index >= 15 is 0 Å². The fourth-order valence-corrected chi connectivity index (χ4v) is 4.37. The number of amides is 1. The summed E-state index contributed by atoms with van der Waals surface area (Å²) in [6.45, 7) is 4.04. The maximum absolute atomic E-state index is 13.8. The molecule has 2 aromatic rings. The van der Waals surface area contributed by atoms with Gasteiger partial charge in [-0.25, -0.2) is 8.78 Å². The van der Waals surface area contributed by atoms with Gasteiger partial charge in [0.1, 0.15) is 5.82 Å². The molecule has 0 bridgehead atoms. The number of nitrogens with zero attached hydrogens (tertiary/aromatic N) is 3. The Kier molecular flexibility index (Phi) is 7.74. The van der Waals surface area contributed by atoms with E-state index < -0.39 is 34.9 Å². The smallest absolute Gasteiger partial charge is 0.336 e. The van der Waals surface area contributed by atoms with E-state index in [-0.39, 0.29) is 29.7 Å². The summed E-state index contributed by atoms with van der Waals surface area (Å²) in [6, 6.07) is 4.11. The molecule has 1 saturated carbocycles. The second-order valence-corrected chi connectivity index (χ2v) is 10.4. The van der Waals surface area contributed by atoms with Crippen LogP contribution in [0, 0.1) is 17.2 Å². The first-order valence-corrected chi connectivity index (χ1v) is 11.9. The Labute approximate surface area is 203 Å². The Balaban J connectivity index is 1.60. The van der Waals surface area contributed by atoms with Crippen molar-refractivity contribution in [2.24, 2.45) is 11.3 Å². The number of hydrogen-bond donors (Lipinski definition) is 0. The maximum Gasteiger partial charge on any atom is 0.394 e. The molecular weight excluding hydrogens is 525 g/mol. The Bertz CT molecular complexity index is 1010. The molecule has 1 amide bonds. The third-order valence-electron chi connectivity index (χ3n) is 6.17. The van der Waals surface area contributed by atoms with Crippen molar-refractivity contribution in [2.45, 2.75) is 71.1 Å². The van der Waals surface area contributed by atoms with E-state index in [1.165, 1.54) is 36.9 Å². The highest BCUT2D eigenvalue weighted by molar-refractivity contribution is 9.10. The number of alkyl halides is 4. The molecule has 1 heterocycles. The normalized spacial score (nSPS) is 20.8. The molecule has 1 aromatic heterocycles. The minimum atomic E-state index is -4.36. The van der Waals surface area contributed by atoms with E-state index in [9.17, 15) is 26.7 Å². The number of aryl methyl sites for hydroxylation is 1. The van der Waals surface area contributed by atoms with Crippen LogP contribution < -0.4 is 4.90 Å². The number of anilines is 1. The van der Waals surface area contributed by atoms with Crippen molar-refractivity contribution >= 4 is 27.5 Å². The summed E-state index contributed by atoms with van der Waals surface area (Å²) in [5, 5.41) is 3.76. The van der Waals surface area contributed by atoms with Crippen LogP contribution in [0.15, 0.2) is 27.2 Å². The molecular formula is C23H27BrF5N3O2. The van der Waals surface area contributed by atoms with Gasteiger partial charge in [0, 0.05) is 24.6 Å². The Morgan fingerprint density at radius 1 is 1.21 bits per heavy atom. The van der Waals surface area contributed by atoms with Crippen LogP contribution in [0.3, 0.4) is 0 Å². The first-order valence-electron chi connectivity index (χ1n) is 11.1. The average molecular weight is 552 g/mol. The van der Waals surface area contributed by atoms with Crippen LogP contribution in [0.25, 0.3) is 0 Å². The lowest BCUT2D eigenvalue weighted by Gasteiger charge is -2.46. The highest BCUT2D eigenvalue weighted by Gasteiger charge is 2.60. The maximum atomic E-state index is 13.8. The molecule has 5 nitrogen and oxygen atoms in total. The van der Waals surface area contributed by atoms with Gasteiger partial charge in [-0.05, 0) is 73.7 Å². The number of benzene rings is 1. The monoisotopic (exact) mass is 551 g/mol. The van der Waals surface area contributed by atoms with Crippen LogP contribution in [0.2, 0.25) is 0 Å². The van der Waals surface area contributed by atoms with Crippen molar-refractivity contribution in [3.8, 4) is 0 Å². The summed E-state index contributed by atoms with van der Waals surface area (Å²) in [5.74, 6) is -1.34. The van der Waals surface area contributed by atoms with Gasteiger partial charge in [-0.3, -0.25) is 4.79 Å². The van der Waals surface area contributed by atoms with Crippen LogP contribution in [-0.2, 0) is 16.9 Å². The first-order chi connectivity index (χ1) is 15.7. The van der Waals surface area contributed by atoms with E-state index in [4.69, 9.17) is 4.52 Å². The van der Waals surface area contributed by atoms with Crippen molar-refractivity contribution in [1.29, 1.82) is 0 Å². The quantitative estimate of drug-likeness (QED) is 0.251. The largest absolute Gasteiger partial charge is 0.394 e. The van der Waals surface area contributed by atoms with E-state index in [0.29, 0.717) is 37.2 Å². The van der Waals surface area contributed by atoms with Crippen molar-refractivity contribution in [2.75, 3.05) is 11.4 Å². The minimum Gasteiger partial charge on any atom is -0.336 e. The topological polar surface area (TPSA) is 59.2 Å². The van der Waals surface area contributed by atoms with Gasteiger partial charge in [-0.1, -0.05) is 18.5 Å². The zero-order valence-electron chi connectivity index (χ0n) is 19.2. The van der Waals surface area contributed by atoms with Gasteiger partial charge in [-0.15, -0.1) is 0 Å². The third kappa shape index (κ3) is 5.95. The highest BCUT2D eigenvalue weighted by Crippen LogP contribution is 2.56. The molecule has 0 unspecified atom stereocenters. The lowest BCUT2D eigenvalue weighted by Crippen LogP contribution is -2.52. The molecule has 1 aliphatic rings. The van der Waals surface area contributed by atoms with Crippen molar-refractivity contribution in [3.63, 3.8) is 0 Å². The number of carbonyl (C=O) groups excluding carboxylic acids is 1. The lowest BCUT2D eigenvalue weighted by molar-refractivity contribution is -0.253. The molecule has 0 atom stereocenters. The number of hydrogen-bond acceptors (Lipinski definition) is 4. The van der Waals surface area contributed by atoms with Crippen LogP contribution in [0.4, 0.5) is 27.6 Å². The van der Waals surface area contributed by atoms with Crippen molar-refractivity contribution < 1.29 is 31.3 Å². The molecule has 34 heavy (non-hydrogen) atoms. The molecule has 11 heteroatoms. The Morgan fingerprint density at radius 2 is 1.88 bits per heavy atom. The molecule has 0 N–H and O–H groups in total. The summed E-state index contributed by atoms with van der Waals surface area (Å²) in [5.41, 5.74) is -3.16. The Morgan fingerprint density at radius 3 is 2.44 bits per heavy atom. The van der Waals surface area contributed by atoms with E-state index in [1.807, 2.05) is 0 Å². The van der Waals surface area contributed by atoms with Gasteiger partial charge in [0.2, 0.25) is 5.91 Å². The van der Waals surface area contributed by atoms with Gasteiger partial charge in [0.15, 0.2) is 11.5 Å². The summed E-state index contributed by atoms with van der Waals surface area (Å²) >= 11 is 3.10. The van der Waals surface area contributed by atoms with Crippen LogP contribution in [0.5, 0.6) is 0 Å². The predicted octanol–water partition coefficient (Wildman–Crippen LogP) is 6.90. The van der Waals surface area contributed by atoms with Gasteiger partial charge < -0.3 is 9.42 Å². The molecule has 3 rings (SSSR count). The lowest BCUT2D eigenvalue weighted by atomic mass is 9.62. The number of halogens is 6. The van der Waals surface area contributed by atoms with Gasteiger partial charge in [0.25, 0.3) is 5.89 Å². The summed E-state index contributed by atoms with van der Waals surface area (Å²) in [4.78, 5) is 18.6. The molecule has 1 fully saturated rings. The highest BCUT2D eigenvalue weighted by atomic mass is 79.9. The van der Waals surface area contributed by atoms with Crippen molar-refractivity contribution in [1.82, 2.24) is 10.1 Å². The van der Waals surface area contributed by atoms with Crippen LogP contribution >= 0.6 is 15.9 Å². The van der Waals surface area contributed by atoms with Gasteiger partial charge in [-0.2, -0.15) is 18.2 Å². The number of aromatic nitrogens is 2. The molecule has 0 saturated heterocycles.